The first-order valence-corrected chi connectivity index (χ1v) is 3.03. The van der Waals surface area contributed by atoms with Crippen LogP contribution in [0.3, 0.4) is 0 Å². The molecule has 2 nitrogen and oxygen atoms in total. The summed E-state index contributed by atoms with van der Waals surface area (Å²) in [4.78, 5) is 0. The monoisotopic (exact) mass is 116 g/mol. The van der Waals surface area contributed by atoms with E-state index in [4.69, 9.17) is 5.11 Å². The molecule has 0 saturated carbocycles. The molecule has 0 aromatic rings. The topological polar surface area (TPSA) is 23.2 Å². The zero-order valence-corrected chi connectivity index (χ0v) is 5.59. The highest BCUT2D eigenvalue weighted by Crippen LogP contribution is 1.69. The molecule has 0 spiro atoms. The Labute approximate surface area is 50.5 Å². The Kier molecular flexibility index (Phi) is 4.56. The average molecular weight is 116 g/mol. The molecule has 0 bridgehead atoms. The third-order valence-electron chi connectivity index (χ3n) is 1.15. The molecule has 2 heteroatoms. The molecule has 0 aromatic heterocycles. The largest absolute Gasteiger partial charge is 0.386 e. The lowest BCUT2D eigenvalue weighted by atomic mass is 10.6. The average Bonchev–Trinajstić information content (AvgIpc) is 1.83. The minimum atomic E-state index is 0.154. The smallest absolute Gasteiger partial charge is 0.165 e. The van der Waals surface area contributed by atoms with E-state index >= 15 is 0 Å². The Morgan fingerprint density at radius 3 is 2.00 bits per heavy atom. The minimum absolute atomic E-state index is 0.154. The lowest BCUT2D eigenvalue weighted by Gasteiger charge is -1.91. The Morgan fingerprint density at radius 2 is 1.88 bits per heavy atom. The van der Waals surface area contributed by atoms with Crippen molar-refractivity contribution in [1.82, 2.24) is 0 Å². The standard InChI is InChI=1S/C6H14NO/c1-3-7(4-2)5-6-8/h5,8H,3-4,6H2,1-2H3/q+1. The zero-order valence-electron chi connectivity index (χ0n) is 5.59. The first-order chi connectivity index (χ1) is 3.85. The zero-order chi connectivity index (χ0) is 6.41. The molecule has 0 aromatic carbocycles. The molecular formula is C6H14NO+. The van der Waals surface area contributed by atoms with E-state index in [1.807, 2.05) is 0 Å². The first-order valence-electron chi connectivity index (χ1n) is 3.03. The summed E-state index contributed by atoms with van der Waals surface area (Å²) in [6.45, 7) is 6.25. The Balaban J connectivity index is 3.49. The van der Waals surface area contributed by atoms with Gasteiger partial charge < -0.3 is 5.11 Å². The molecule has 0 atom stereocenters. The van der Waals surface area contributed by atoms with Crippen LogP contribution in [0.2, 0.25) is 0 Å². The molecule has 1 N–H and O–H groups in total. The molecule has 48 valence electrons. The second-order valence-electron chi connectivity index (χ2n) is 1.59. The molecule has 0 heterocycles. The van der Waals surface area contributed by atoms with E-state index in [0.29, 0.717) is 0 Å². The van der Waals surface area contributed by atoms with Crippen LogP contribution in [0.15, 0.2) is 0 Å². The number of hydrogen-bond donors (Lipinski definition) is 1. The maximum absolute atomic E-state index is 8.40. The van der Waals surface area contributed by atoms with E-state index in [0.717, 1.165) is 13.1 Å². The quantitative estimate of drug-likeness (QED) is 0.410. The summed E-state index contributed by atoms with van der Waals surface area (Å²) in [6.07, 6.45) is 1.79. The van der Waals surface area contributed by atoms with Gasteiger partial charge in [0.1, 0.15) is 19.7 Å². The van der Waals surface area contributed by atoms with Crippen molar-refractivity contribution in [2.75, 3.05) is 19.7 Å². The van der Waals surface area contributed by atoms with Gasteiger partial charge in [0, 0.05) is 0 Å². The number of rotatable bonds is 3. The molecule has 0 fully saturated rings. The molecule has 0 saturated heterocycles. The van der Waals surface area contributed by atoms with E-state index in [1.54, 1.807) is 6.21 Å². The summed E-state index contributed by atoms with van der Waals surface area (Å²) in [6, 6.07) is 0. The van der Waals surface area contributed by atoms with Crippen LogP contribution < -0.4 is 0 Å². The molecule has 0 rings (SSSR count). The van der Waals surface area contributed by atoms with Crippen LogP contribution in [0.5, 0.6) is 0 Å². The minimum Gasteiger partial charge on any atom is -0.386 e. The fraction of sp³-hybridized carbons (Fsp3) is 0.833. The van der Waals surface area contributed by atoms with Crippen molar-refractivity contribution in [2.24, 2.45) is 0 Å². The van der Waals surface area contributed by atoms with Crippen LogP contribution in [0.1, 0.15) is 13.8 Å². The Morgan fingerprint density at radius 1 is 1.38 bits per heavy atom. The van der Waals surface area contributed by atoms with Gasteiger partial charge in [0.2, 0.25) is 0 Å². The van der Waals surface area contributed by atoms with Crippen LogP contribution >= 0.6 is 0 Å². The van der Waals surface area contributed by atoms with E-state index in [1.165, 1.54) is 0 Å². The predicted molar refractivity (Wildman–Crippen MR) is 34.5 cm³/mol. The summed E-state index contributed by atoms with van der Waals surface area (Å²) >= 11 is 0. The fourth-order valence-corrected chi connectivity index (χ4v) is 0.597. The molecule has 0 radical (unpaired) electrons. The van der Waals surface area contributed by atoms with Gasteiger partial charge in [-0.1, -0.05) is 0 Å². The maximum Gasteiger partial charge on any atom is 0.165 e. The lowest BCUT2D eigenvalue weighted by molar-refractivity contribution is -0.517. The lowest BCUT2D eigenvalue weighted by Crippen LogP contribution is -2.13. The maximum atomic E-state index is 8.40. The molecular weight excluding hydrogens is 102 g/mol. The van der Waals surface area contributed by atoms with Crippen molar-refractivity contribution >= 4 is 6.21 Å². The summed E-state index contributed by atoms with van der Waals surface area (Å²) in [5.74, 6) is 0. The number of aliphatic hydroxyl groups is 1. The second kappa shape index (κ2) is 4.78. The van der Waals surface area contributed by atoms with Gasteiger partial charge in [0.05, 0.1) is 0 Å². The van der Waals surface area contributed by atoms with E-state index in [-0.39, 0.29) is 6.61 Å². The van der Waals surface area contributed by atoms with Gasteiger partial charge in [-0.2, -0.15) is 0 Å². The summed E-state index contributed by atoms with van der Waals surface area (Å²) in [7, 11) is 0. The van der Waals surface area contributed by atoms with Gasteiger partial charge in [-0.05, 0) is 13.8 Å². The summed E-state index contributed by atoms with van der Waals surface area (Å²) in [5, 5.41) is 8.40. The van der Waals surface area contributed by atoms with Crippen molar-refractivity contribution in [3.63, 3.8) is 0 Å². The number of aliphatic hydroxyl groups excluding tert-OH is 1. The van der Waals surface area contributed by atoms with E-state index in [9.17, 15) is 0 Å². The van der Waals surface area contributed by atoms with Gasteiger partial charge in [-0.25, -0.2) is 4.58 Å². The third-order valence-corrected chi connectivity index (χ3v) is 1.15. The molecule has 0 unspecified atom stereocenters. The molecule has 0 amide bonds. The molecule has 0 aliphatic rings. The molecule has 8 heavy (non-hydrogen) atoms. The highest BCUT2D eigenvalue weighted by Gasteiger charge is 1.90. The second-order valence-corrected chi connectivity index (χ2v) is 1.59. The SMILES string of the molecule is CC[N+](=CCO)CC. The van der Waals surface area contributed by atoms with Crippen molar-refractivity contribution in [2.45, 2.75) is 13.8 Å². The first kappa shape index (κ1) is 7.63. The van der Waals surface area contributed by atoms with Crippen LogP contribution in [0.4, 0.5) is 0 Å². The molecule has 0 aliphatic heterocycles. The Hall–Kier alpha value is -0.370. The normalized spacial score (nSPS) is 8.88. The molecule has 0 aliphatic carbocycles. The van der Waals surface area contributed by atoms with Crippen molar-refractivity contribution in [1.29, 1.82) is 0 Å². The number of hydrogen-bond acceptors (Lipinski definition) is 1. The van der Waals surface area contributed by atoms with Crippen LogP contribution in [-0.2, 0) is 0 Å². The van der Waals surface area contributed by atoms with E-state index in [2.05, 4.69) is 18.4 Å². The van der Waals surface area contributed by atoms with Crippen molar-refractivity contribution < 1.29 is 9.68 Å². The highest BCUT2D eigenvalue weighted by molar-refractivity contribution is 5.51. The van der Waals surface area contributed by atoms with Gasteiger partial charge in [-0.15, -0.1) is 0 Å². The fourth-order valence-electron chi connectivity index (χ4n) is 0.597. The van der Waals surface area contributed by atoms with Crippen LogP contribution in [-0.4, -0.2) is 35.6 Å². The van der Waals surface area contributed by atoms with Crippen LogP contribution in [0, 0.1) is 0 Å². The highest BCUT2D eigenvalue weighted by atomic mass is 16.3. The number of nitrogens with zero attached hydrogens (tertiary/aromatic N) is 1. The van der Waals surface area contributed by atoms with Gasteiger partial charge in [0.25, 0.3) is 0 Å². The van der Waals surface area contributed by atoms with Crippen molar-refractivity contribution in [3.05, 3.63) is 0 Å². The van der Waals surface area contributed by atoms with Crippen molar-refractivity contribution in [3.8, 4) is 0 Å². The summed E-state index contributed by atoms with van der Waals surface area (Å²) < 4.78 is 2.06. The van der Waals surface area contributed by atoms with Gasteiger partial charge in [-0.3, -0.25) is 0 Å². The Bertz CT molecular complexity index is 72.6. The van der Waals surface area contributed by atoms with Gasteiger partial charge >= 0.3 is 0 Å². The van der Waals surface area contributed by atoms with Crippen LogP contribution in [0.25, 0.3) is 0 Å². The predicted octanol–water partition coefficient (Wildman–Crippen LogP) is 0.102. The third kappa shape index (κ3) is 2.75. The van der Waals surface area contributed by atoms with E-state index < -0.39 is 0 Å². The van der Waals surface area contributed by atoms with Gasteiger partial charge in [0.15, 0.2) is 6.21 Å². The summed E-state index contributed by atoms with van der Waals surface area (Å²) in [5.41, 5.74) is 0.